The highest BCUT2D eigenvalue weighted by molar-refractivity contribution is 6.31. The number of benzene rings is 2. The van der Waals surface area contributed by atoms with Crippen LogP contribution in [0.25, 0.3) is 10.9 Å². The highest BCUT2D eigenvalue weighted by atomic mass is 35.5. The van der Waals surface area contributed by atoms with Crippen LogP contribution in [0.1, 0.15) is 17.8 Å². The largest absolute Gasteiger partial charge is 0.369 e. The minimum Gasteiger partial charge on any atom is -0.369 e. The van der Waals surface area contributed by atoms with Crippen LogP contribution < -0.4 is 5.32 Å². The van der Waals surface area contributed by atoms with Crippen molar-refractivity contribution in [1.29, 1.82) is 0 Å². The van der Waals surface area contributed by atoms with E-state index in [1.54, 1.807) is 0 Å². The Morgan fingerprint density at radius 3 is 2.46 bits per heavy atom. The lowest BCUT2D eigenvalue weighted by Gasteiger charge is -2.18. The van der Waals surface area contributed by atoms with Crippen LogP contribution >= 0.6 is 11.6 Å². The number of hydrogen-bond donors (Lipinski definition) is 1. The van der Waals surface area contributed by atoms with E-state index in [0.717, 1.165) is 59.2 Å². The van der Waals surface area contributed by atoms with Gasteiger partial charge >= 0.3 is 0 Å². The van der Waals surface area contributed by atoms with Gasteiger partial charge in [-0.05, 0) is 57.9 Å². The van der Waals surface area contributed by atoms with Crippen molar-refractivity contribution >= 4 is 28.3 Å². The Bertz CT molecular complexity index is 912. The molecule has 1 N–H and O–H groups in total. The molecule has 2 aromatic carbocycles. The number of fused-ring (bicyclic) bond motifs is 1. The summed E-state index contributed by atoms with van der Waals surface area (Å²) in [6.45, 7) is 3.33. The lowest BCUT2D eigenvalue weighted by Crippen LogP contribution is -2.20. The van der Waals surface area contributed by atoms with E-state index in [4.69, 9.17) is 21.6 Å². The fourth-order valence-corrected chi connectivity index (χ4v) is 3.34. The van der Waals surface area contributed by atoms with E-state index in [-0.39, 0.29) is 0 Å². The lowest BCUT2D eigenvalue weighted by molar-refractivity contribution is 0.311. The van der Waals surface area contributed by atoms with E-state index in [9.17, 15) is 0 Å². The Hall–Kier alpha value is -2.21. The van der Waals surface area contributed by atoms with Crippen molar-refractivity contribution in [3.63, 3.8) is 0 Å². The summed E-state index contributed by atoms with van der Waals surface area (Å²) in [5.41, 5.74) is 2.07. The van der Waals surface area contributed by atoms with Gasteiger partial charge in [0.25, 0.3) is 0 Å². The van der Waals surface area contributed by atoms with Gasteiger partial charge in [0.1, 0.15) is 11.6 Å². The molecule has 3 rings (SSSR count). The van der Waals surface area contributed by atoms with Crippen molar-refractivity contribution in [2.45, 2.75) is 19.5 Å². The van der Waals surface area contributed by atoms with Gasteiger partial charge in [-0.1, -0.05) is 41.9 Å². The van der Waals surface area contributed by atoms with Crippen LogP contribution in [-0.2, 0) is 13.1 Å². The van der Waals surface area contributed by atoms with Crippen molar-refractivity contribution in [3.05, 3.63) is 64.9 Å². The normalized spacial score (nSPS) is 11.5. The van der Waals surface area contributed by atoms with E-state index in [1.807, 2.05) is 36.4 Å². The highest BCUT2D eigenvalue weighted by Gasteiger charge is 2.11. The summed E-state index contributed by atoms with van der Waals surface area (Å²) < 4.78 is 0. The summed E-state index contributed by atoms with van der Waals surface area (Å²) in [6.07, 6.45) is 1.06. The summed E-state index contributed by atoms with van der Waals surface area (Å²) >= 11 is 6.30. The summed E-state index contributed by atoms with van der Waals surface area (Å²) in [5.74, 6) is 1.72. The number of para-hydroxylation sites is 1. The molecule has 0 bridgehead atoms. The van der Waals surface area contributed by atoms with Crippen LogP contribution in [0.2, 0.25) is 5.02 Å². The zero-order chi connectivity index (χ0) is 19.9. The summed E-state index contributed by atoms with van der Waals surface area (Å²) in [5, 5.41) is 5.35. The van der Waals surface area contributed by atoms with Crippen LogP contribution in [0.5, 0.6) is 0 Å². The molecule has 6 heteroatoms. The van der Waals surface area contributed by atoms with Crippen molar-refractivity contribution in [2.75, 3.05) is 39.5 Å². The molecule has 0 unspecified atom stereocenters. The number of anilines is 1. The quantitative estimate of drug-likeness (QED) is 0.546. The fraction of sp³-hybridized carbons (Fsp3) is 0.364. The lowest BCUT2D eigenvalue weighted by atomic mass is 10.2. The number of nitrogens with one attached hydrogen (secondary N) is 1. The molecule has 0 aliphatic heterocycles. The second kappa shape index (κ2) is 9.82. The van der Waals surface area contributed by atoms with Gasteiger partial charge in [-0.2, -0.15) is 0 Å². The Balaban J connectivity index is 1.74. The van der Waals surface area contributed by atoms with Gasteiger partial charge in [0.05, 0.1) is 12.1 Å². The zero-order valence-electron chi connectivity index (χ0n) is 16.8. The number of hydrogen-bond acceptors (Lipinski definition) is 5. The molecule has 5 nitrogen and oxygen atoms in total. The summed E-state index contributed by atoms with van der Waals surface area (Å²) in [7, 11) is 6.24. The number of aromatic nitrogens is 2. The minimum absolute atomic E-state index is 0.655. The SMILES string of the molecule is CN(C)CCCNc1nc(CN(C)Cc2ccccc2Cl)nc2ccccc12. The smallest absolute Gasteiger partial charge is 0.145 e. The average molecular weight is 398 g/mol. The first-order chi connectivity index (χ1) is 13.5. The van der Waals surface area contributed by atoms with Gasteiger partial charge < -0.3 is 10.2 Å². The monoisotopic (exact) mass is 397 g/mol. The number of rotatable bonds is 9. The maximum absolute atomic E-state index is 6.30. The molecule has 1 aromatic heterocycles. The van der Waals surface area contributed by atoms with Gasteiger partial charge in [0, 0.05) is 23.5 Å². The molecule has 3 aromatic rings. The molecule has 0 saturated carbocycles. The molecule has 0 spiro atoms. The van der Waals surface area contributed by atoms with Crippen molar-refractivity contribution < 1.29 is 0 Å². The molecular formula is C22H28ClN5. The number of nitrogens with zero attached hydrogens (tertiary/aromatic N) is 4. The van der Waals surface area contributed by atoms with E-state index < -0.39 is 0 Å². The molecule has 148 valence electrons. The van der Waals surface area contributed by atoms with Gasteiger partial charge in [0.15, 0.2) is 0 Å². The molecule has 0 radical (unpaired) electrons. The first-order valence-electron chi connectivity index (χ1n) is 9.59. The number of halogens is 1. The zero-order valence-corrected chi connectivity index (χ0v) is 17.6. The second-order valence-corrected chi connectivity index (χ2v) is 7.76. The third kappa shape index (κ3) is 5.64. The van der Waals surface area contributed by atoms with Gasteiger partial charge in [0.2, 0.25) is 0 Å². The summed E-state index contributed by atoms with van der Waals surface area (Å²) in [6, 6.07) is 16.1. The van der Waals surface area contributed by atoms with E-state index in [1.165, 1.54) is 0 Å². The summed E-state index contributed by atoms with van der Waals surface area (Å²) in [4.78, 5) is 13.9. The molecule has 0 atom stereocenters. The minimum atomic E-state index is 0.655. The van der Waals surface area contributed by atoms with Gasteiger partial charge in [-0.15, -0.1) is 0 Å². The Morgan fingerprint density at radius 2 is 1.68 bits per heavy atom. The Kier molecular flexibility index (Phi) is 7.20. The van der Waals surface area contributed by atoms with Crippen molar-refractivity contribution in [3.8, 4) is 0 Å². The van der Waals surface area contributed by atoms with Crippen LogP contribution in [-0.4, -0.2) is 54.0 Å². The highest BCUT2D eigenvalue weighted by Crippen LogP contribution is 2.21. The van der Waals surface area contributed by atoms with Crippen LogP contribution in [0.3, 0.4) is 0 Å². The van der Waals surface area contributed by atoms with Crippen LogP contribution in [0.4, 0.5) is 5.82 Å². The molecule has 0 amide bonds. The molecule has 0 aliphatic rings. The third-order valence-electron chi connectivity index (χ3n) is 4.53. The van der Waals surface area contributed by atoms with Crippen LogP contribution in [0, 0.1) is 0 Å². The molecule has 0 aliphatic carbocycles. The predicted molar refractivity (Wildman–Crippen MR) is 118 cm³/mol. The standard InChI is InChI=1S/C22H28ClN5/c1-27(2)14-8-13-24-22-18-10-5-7-12-20(18)25-21(26-22)16-28(3)15-17-9-4-6-11-19(17)23/h4-7,9-12H,8,13-16H2,1-3H3,(H,24,25,26). The van der Waals surface area contributed by atoms with E-state index >= 15 is 0 Å². The average Bonchev–Trinajstić information content (AvgIpc) is 2.66. The third-order valence-corrected chi connectivity index (χ3v) is 4.90. The molecule has 0 saturated heterocycles. The molecule has 0 fully saturated rings. The predicted octanol–water partition coefficient (Wildman–Crippen LogP) is 4.28. The maximum atomic E-state index is 6.30. The Labute approximate surface area is 172 Å². The van der Waals surface area contributed by atoms with Gasteiger partial charge in [-0.25, -0.2) is 9.97 Å². The molecule has 28 heavy (non-hydrogen) atoms. The molecule has 1 heterocycles. The van der Waals surface area contributed by atoms with Gasteiger partial charge in [-0.3, -0.25) is 4.90 Å². The van der Waals surface area contributed by atoms with E-state index in [0.29, 0.717) is 6.54 Å². The molecular weight excluding hydrogens is 370 g/mol. The van der Waals surface area contributed by atoms with Crippen LogP contribution in [0.15, 0.2) is 48.5 Å². The first-order valence-corrected chi connectivity index (χ1v) is 9.97. The second-order valence-electron chi connectivity index (χ2n) is 7.35. The van der Waals surface area contributed by atoms with Crippen molar-refractivity contribution in [2.24, 2.45) is 0 Å². The first kappa shape index (κ1) is 20.5. The maximum Gasteiger partial charge on any atom is 0.145 e. The fourth-order valence-electron chi connectivity index (χ4n) is 3.15. The Morgan fingerprint density at radius 1 is 0.929 bits per heavy atom. The van der Waals surface area contributed by atoms with E-state index in [2.05, 4.69) is 48.4 Å². The van der Waals surface area contributed by atoms with Crippen molar-refractivity contribution in [1.82, 2.24) is 19.8 Å². The topological polar surface area (TPSA) is 44.3 Å².